The number of carboxylic acid groups (broad SMARTS) is 1. The number of halogens is 1. The lowest BCUT2D eigenvalue weighted by Crippen LogP contribution is -2.50. The van der Waals surface area contributed by atoms with Gasteiger partial charge in [-0.3, -0.25) is 19.8 Å². The SMILES string of the molecule is CN(C(=O)O)c1ccc(C(=O)N[C@@H](Cc2ccc3ccccc3c2)C(=O)N2CCC3(C2)OC(=O)Nc2ccc(Cl)cc23)cc1. The molecule has 2 aliphatic rings. The maximum Gasteiger partial charge on any atom is 0.412 e. The largest absolute Gasteiger partial charge is 0.465 e. The van der Waals surface area contributed by atoms with Crippen LogP contribution in [-0.2, 0) is 21.6 Å². The van der Waals surface area contributed by atoms with Crippen LogP contribution < -0.4 is 15.5 Å². The van der Waals surface area contributed by atoms with E-state index in [4.69, 9.17) is 16.3 Å². The fraction of sp³-hybridized carbons (Fsp3) is 0.212. The molecular formula is C33H29ClN4O6. The smallest absolute Gasteiger partial charge is 0.412 e. The number of benzene rings is 4. The zero-order valence-corrected chi connectivity index (χ0v) is 24.5. The van der Waals surface area contributed by atoms with Crippen molar-refractivity contribution in [3.05, 3.63) is 107 Å². The first-order chi connectivity index (χ1) is 21.1. The first-order valence-electron chi connectivity index (χ1n) is 14.1. The van der Waals surface area contributed by atoms with Gasteiger partial charge >= 0.3 is 12.2 Å². The fourth-order valence-corrected chi connectivity index (χ4v) is 6.03. The van der Waals surface area contributed by atoms with Crippen molar-refractivity contribution in [2.75, 3.05) is 30.4 Å². The second-order valence-corrected chi connectivity index (χ2v) is 11.4. The minimum Gasteiger partial charge on any atom is -0.465 e. The number of fused-ring (bicyclic) bond motifs is 3. The average Bonchev–Trinajstić information content (AvgIpc) is 3.44. The highest BCUT2D eigenvalue weighted by atomic mass is 35.5. The van der Waals surface area contributed by atoms with Gasteiger partial charge in [-0.15, -0.1) is 0 Å². The Bertz CT molecular complexity index is 1800. The van der Waals surface area contributed by atoms with E-state index in [-0.39, 0.29) is 24.4 Å². The fourth-order valence-electron chi connectivity index (χ4n) is 5.85. The number of nitrogens with zero attached hydrogens (tertiary/aromatic N) is 2. The second-order valence-electron chi connectivity index (χ2n) is 11.0. The molecule has 4 aromatic rings. The summed E-state index contributed by atoms with van der Waals surface area (Å²) in [5.41, 5.74) is 1.75. The maximum atomic E-state index is 14.1. The van der Waals surface area contributed by atoms with Gasteiger partial charge in [0.15, 0.2) is 5.60 Å². The lowest BCUT2D eigenvalue weighted by atomic mass is 9.90. The second kappa shape index (κ2) is 11.5. The number of anilines is 2. The topological polar surface area (TPSA) is 128 Å². The van der Waals surface area contributed by atoms with Crippen LogP contribution in [0.2, 0.25) is 5.02 Å². The molecule has 11 heteroatoms. The Morgan fingerprint density at radius 3 is 2.55 bits per heavy atom. The molecule has 0 bridgehead atoms. The highest BCUT2D eigenvalue weighted by Gasteiger charge is 2.49. The van der Waals surface area contributed by atoms with Gasteiger partial charge in [0.05, 0.1) is 12.2 Å². The molecule has 0 radical (unpaired) electrons. The summed E-state index contributed by atoms with van der Waals surface area (Å²) in [6.07, 6.45) is -1.14. The van der Waals surface area contributed by atoms with Crippen LogP contribution in [0, 0.1) is 0 Å². The summed E-state index contributed by atoms with van der Waals surface area (Å²) in [5, 5.41) is 17.4. The van der Waals surface area contributed by atoms with E-state index < -0.39 is 29.7 Å². The van der Waals surface area contributed by atoms with Crippen molar-refractivity contribution in [3.8, 4) is 0 Å². The van der Waals surface area contributed by atoms with Gasteiger partial charge in [-0.05, 0) is 58.8 Å². The summed E-state index contributed by atoms with van der Waals surface area (Å²) in [7, 11) is 1.41. The Hall–Kier alpha value is -5.09. The first-order valence-corrected chi connectivity index (χ1v) is 14.4. The van der Waals surface area contributed by atoms with Crippen LogP contribution in [0.15, 0.2) is 84.9 Å². The highest BCUT2D eigenvalue weighted by Crippen LogP contribution is 2.44. The van der Waals surface area contributed by atoms with Gasteiger partial charge in [0, 0.05) is 48.3 Å². The minimum atomic E-state index is -1.13. The highest BCUT2D eigenvalue weighted by molar-refractivity contribution is 6.30. The van der Waals surface area contributed by atoms with E-state index in [1.54, 1.807) is 23.1 Å². The van der Waals surface area contributed by atoms with E-state index in [0.717, 1.165) is 21.2 Å². The molecule has 1 spiro atoms. The zero-order valence-electron chi connectivity index (χ0n) is 23.7. The Kier molecular flexibility index (Phi) is 7.60. The number of carbonyl (C=O) groups is 4. The quantitative estimate of drug-likeness (QED) is 0.259. The molecule has 0 aliphatic carbocycles. The van der Waals surface area contributed by atoms with Crippen LogP contribution in [0.5, 0.6) is 0 Å². The molecule has 224 valence electrons. The van der Waals surface area contributed by atoms with E-state index >= 15 is 0 Å². The van der Waals surface area contributed by atoms with Crippen molar-refractivity contribution in [3.63, 3.8) is 0 Å². The van der Waals surface area contributed by atoms with Crippen LogP contribution in [0.4, 0.5) is 21.0 Å². The Balaban J connectivity index is 1.28. The molecule has 2 heterocycles. The van der Waals surface area contributed by atoms with Gasteiger partial charge in [-0.25, -0.2) is 9.59 Å². The number of hydrogen-bond donors (Lipinski definition) is 3. The molecule has 6 rings (SSSR count). The maximum absolute atomic E-state index is 14.1. The standard InChI is InChI=1S/C33H29ClN4O6/c1-37(32(42)43)25-11-8-22(9-12-25)29(39)35-28(17-20-6-7-21-4-2-3-5-23(21)16-20)30(40)38-15-14-33(19-38)26-18-24(34)10-13-27(26)36-31(41)44-33/h2-13,16,18,28H,14-15,17,19H2,1H3,(H,35,39)(H,36,41)(H,42,43)/t28-,33?/m0/s1. The zero-order chi connectivity index (χ0) is 31.0. The van der Waals surface area contributed by atoms with Gasteiger partial charge in [0.25, 0.3) is 5.91 Å². The molecule has 1 saturated heterocycles. The van der Waals surface area contributed by atoms with Gasteiger partial charge in [0.2, 0.25) is 5.91 Å². The molecule has 4 amide bonds. The molecule has 10 nitrogen and oxygen atoms in total. The number of amides is 4. The average molecular weight is 613 g/mol. The van der Waals surface area contributed by atoms with Crippen molar-refractivity contribution >= 4 is 57.7 Å². The Morgan fingerprint density at radius 1 is 1.05 bits per heavy atom. The van der Waals surface area contributed by atoms with Crippen LogP contribution >= 0.6 is 11.6 Å². The van der Waals surface area contributed by atoms with Gasteiger partial charge in [0.1, 0.15) is 6.04 Å². The van der Waals surface area contributed by atoms with E-state index in [9.17, 15) is 24.3 Å². The minimum absolute atomic E-state index is 0.104. The molecule has 3 N–H and O–H groups in total. The summed E-state index contributed by atoms with van der Waals surface area (Å²) in [6.45, 7) is 0.408. The molecule has 0 saturated carbocycles. The molecule has 1 fully saturated rings. The van der Waals surface area contributed by atoms with Crippen LogP contribution in [-0.4, -0.2) is 60.2 Å². The lowest BCUT2D eigenvalue weighted by Gasteiger charge is -2.35. The van der Waals surface area contributed by atoms with Gasteiger partial charge in [-0.1, -0.05) is 54.1 Å². The van der Waals surface area contributed by atoms with Crippen molar-refractivity contribution in [2.24, 2.45) is 0 Å². The van der Waals surface area contributed by atoms with Crippen LogP contribution in [0.25, 0.3) is 10.8 Å². The van der Waals surface area contributed by atoms with Crippen molar-refractivity contribution in [2.45, 2.75) is 24.5 Å². The molecule has 0 aromatic heterocycles. The summed E-state index contributed by atoms with van der Waals surface area (Å²) in [4.78, 5) is 54.0. The normalized spacial score (nSPS) is 17.9. The Labute approximate surface area is 258 Å². The number of likely N-dealkylation sites (tertiary alicyclic amines) is 1. The lowest BCUT2D eigenvalue weighted by molar-refractivity contribution is -0.133. The van der Waals surface area contributed by atoms with E-state index in [0.29, 0.717) is 34.9 Å². The third-order valence-corrected chi connectivity index (χ3v) is 8.44. The molecule has 2 atom stereocenters. The molecule has 4 aromatic carbocycles. The molecule has 44 heavy (non-hydrogen) atoms. The third-order valence-electron chi connectivity index (χ3n) is 8.20. The van der Waals surface area contributed by atoms with Crippen molar-refractivity contribution in [1.29, 1.82) is 0 Å². The van der Waals surface area contributed by atoms with E-state index in [1.807, 2.05) is 42.5 Å². The summed E-state index contributed by atoms with van der Waals surface area (Å²) < 4.78 is 5.80. The summed E-state index contributed by atoms with van der Waals surface area (Å²) in [6, 6.07) is 24.1. The van der Waals surface area contributed by atoms with E-state index in [2.05, 4.69) is 10.6 Å². The van der Waals surface area contributed by atoms with Crippen molar-refractivity contribution in [1.82, 2.24) is 10.2 Å². The molecule has 2 aliphatic heterocycles. The summed E-state index contributed by atoms with van der Waals surface area (Å²) >= 11 is 6.29. The Morgan fingerprint density at radius 2 is 1.80 bits per heavy atom. The third kappa shape index (κ3) is 5.63. The van der Waals surface area contributed by atoms with Crippen molar-refractivity contribution < 1.29 is 29.0 Å². The van der Waals surface area contributed by atoms with Gasteiger partial charge in [-0.2, -0.15) is 0 Å². The monoisotopic (exact) mass is 612 g/mol. The number of hydrogen-bond acceptors (Lipinski definition) is 5. The molecule has 1 unspecified atom stereocenters. The van der Waals surface area contributed by atoms with Gasteiger partial charge < -0.3 is 20.1 Å². The van der Waals surface area contributed by atoms with E-state index in [1.165, 1.54) is 31.3 Å². The number of ether oxygens (including phenoxy) is 1. The summed E-state index contributed by atoms with van der Waals surface area (Å²) in [5.74, 6) is -0.795. The van der Waals surface area contributed by atoms with Crippen LogP contribution in [0.3, 0.4) is 0 Å². The van der Waals surface area contributed by atoms with Crippen LogP contribution in [0.1, 0.15) is 27.9 Å². The number of carbonyl (C=O) groups excluding carboxylic acids is 3. The number of nitrogens with one attached hydrogen (secondary N) is 2. The molecular weight excluding hydrogens is 584 g/mol. The predicted molar refractivity (Wildman–Crippen MR) is 166 cm³/mol. The number of rotatable bonds is 6. The first kappa shape index (κ1) is 29.0. The predicted octanol–water partition coefficient (Wildman–Crippen LogP) is 5.64.